The second-order valence-corrected chi connectivity index (χ2v) is 4.61. The van der Waals surface area contributed by atoms with Crippen molar-refractivity contribution in [3.05, 3.63) is 47.0 Å². The van der Waals surface area contributed by atoms with Gasteiger partial charge in [0.15, 0.2) is 5.75 Å². The van der Waals surface area contributed by atoms with Crippen molar-refractivity contribution in [2.24, 2.45) is 0 Å². The first-order valence-corrected chi connectivity index (χ1v) is 6.66. The fourth-order valence-electron chi connectivity index (χ4n) is 2.41. The normalized spacial score (nSPS) is 12.4. The summed E-state index contributed by atoms with van der Waals surface area (Å²) in [7, 11) is 3.40. The Labute approximate surface area is 118 Å². The molecule has 0 radical (unpaired) electrons. The molecule has 0 fully saturated rings. The van der Waals surface area contributed by atoms with Gasteiger partial charge in [0.2, 0.25) is 0 Å². The molecule has 5 heteroatoms. The predicted octanol–water partition coefficient (Wildman–Crippen LogP) is 2.67. The van der Waals surface area contributed by atoms with Crippen LogP contribution in [0.15, 0.2) is 24.4 Å². The molecule has 1 aromatic heterocycles. The molecule has 1 atom stereocenters. The van der Waals surface area contributed by atoms with Gasteiger partial charge in [-0.05, 0) is 26.5 Å². The summed E-state index contributed by atoms with van der Waals surface area (Å²) in [4.78, 5) is 0. The van der Waals surface area contributed by atoms with Crippen LogP contribution in [-0.4, -0.2) is 23.9 Å². The molecule has 4 nitrogen and oxygen atoms in total. The van der Waals surface area contributed by atoms with Gasteiger partial charge in [0.05, 0.1) is 19.3 Å². The maximum atomic E-state index is 14.4. The van der Waals surface area contributed by atoms with Crippen molar-refractivity contribution in [1.82, 2.24) is 15.1 Å². The Morgan fingerprint density at radius 2 is 2.20 bits per heavy atom. The van der Waals surface area contributed by atoms with Crippen LogP contribution >= 0.6 is 0 Å². The first-order valence-electron chi connectivity index (χ1n) is 6.66. The Kier molecular flexibility index (Phi) is 4.39. The minimum atomic E-state index is -0.299. The first-order chi connectivity index (χ1) is 9.63. The highest BCUT2D eigenvalue weighted by atomic mass is 19.1. The maximum Gasteiger partial charge on any atom is 0.161 e. The van der Waals surface area contributed by atoms with Crippen LogP contribution in [-0.2, 0) is 6.54 Å². The Balaban J connectivity index is 2.58. The molecule has 1 heterocycles. The van der Waals surface area contributed by atoms with Crippen LogP contribution in [0.25, 0.3) is 0 Å². The third-order valence-corrected chi connectivity index (χ3v) is 3.46. The van der Waals surface area contributed by atoms with E-state index in [1.54, 1.807) is 39.4 Å². The van der Waals surface area contributed by atoms with Gasteiger partial charge in [-0.15, -0.1) is 0 Å². The van der Waals surface area contributed by atoms with E-state index in [1.165, 1.54) is 0 Å². The summed E-state index contributed by atoms with van der Waals surface area (Å²) < 4.78 is 21.6. The highest BCUT2D eigenvalue weighted by Gasteiger charge is 2.24. The van der Waals surface area contributed by atoms with Gasteiger partial charge in [-0.1, -0.05) is 18.2 Å². The molecule has 2 aromatic rings. The van der Waals surface area contributed by atoms with E-state index in [-0.39, 0.29) is 11.9 Å². The van der Waals surface area contributed by atoms with Crippen molar-refractivity contribution >= 4 is 0 Å². The van der Waals surface area contributed by atoms with Gasteiger partial charge in [0.25, 0.3) is 0 Å². The maximum absolute atomic E-state index is 14.4. The number of aryl methyl sites for hydroxylation is 2. The van der Waals surface area contributed by atoms with Gasteiger partial charge in [-0.3, -0.25) is 4.68 Å². The molecule has 0 saturated carbocycles. The number of benzene rings is 1. The highest BCUT2D eigenvalue weighted by molar-refractivity contribution is 5.38. The number of halogens is 1. The van der Waals surface area contributed by atoms with Gasteiger partial charge >= 0.3 is 0 Å². The van der Waals surface area contributed by atoms with Crippen molar-refractivity contribution in [3.63, 3.8) is 0 Å². The van der Waals surface area contributed by atoms with Crippen LogP contribution in [0.2, 0.25) is 0 Å². The lowest BCUT2D eigenvalue weighted by molar-refractivity contribution is 0.400. The standard InChI is InChI=1S/C15H20FN3O/c1-5-19-15(12(20-4)9-18-19)14(17-3)11-8-6-7-10(2)13(11)16/h6-9,14,17H,5H2,1-4H3. The lowest BCUT2D eigenvalue weighted by Crippen LogP contribution is -2.23. The number of hydrogen-bond donors (Lipinski definition) is 1. The Morgan fingerprint density at radius 3 is 2.80 bits per heavy atom. The Hall–Kier alpha value is -1.88. The zero-order chi connectivity index (χ0) is 14.7. The zero-order valence-electron chi connectivity index (χ0n) is 12.3. The van der Waals surface area contributed by atoms with E-state index in [1.807, 2.05) is 17.7 Å². The van der Waals surface area contributed by atoms with Crippen LogP contribution in [0.4, 0.5) is 4.39 Å². The first kappa shape index (κ1) is 14.5. The largest absolute Gasteiger partial charge is 0.493 e. The molecule has 0 spiro atoms. The molecule has 20 heavy (non-hydrogen) atoms. The minimum Gasteiger partial charge on any atom is -0.493 e. The molecule has 0 saturated heterocycles. The van der Waals surface area contributed by atoms with Gasteiger partial charge in [0.1, 0.15) is 11.5 Å². The second kappa shape index (κ2) is 6.05. The van der Waals surface area contributed by atoms with Crippen molar-refractivity contribution in [2.75, 3.05) is 14.2 Å². The second-order valence-electron chi connectivity index (χ2n) is 4.61. The smallest absolute Gasteiger partial charge is 0.161 e. The average Bonchev–Trinajstić information content (AvgIpc) is 2.87. The van der Waals surface area contributed by atoms with Crippen molar-refractivity contribution in [1.29, 1.82) is 0 Å². The summed E-state index contributed by atoms with van der Waals surface area (Å²) in [6.07, 6.45) is 1.66. The Bertz CT molecular complexity index is 573. The quantitative estimate of drug-likeness (QED) is 0.913. The van der Waals surface area contributed by atoms with E-state index in [9.17, 15) is 4.39 Å². The van der Waals surface area contributed by atoms with E-state index >= 15 is 0 Å². The number of methoxy groups -OCH3 is 1. The summed E-state index contributed by atoms with van der Waals surface area (Å²) in [5.41, 5.74) is 2.06. The number of rotatable bonds is 5. The third kappa shape index (κ3) is 2.41. The number of hydrogen-bond acceptors (Lipinski definition) is 3. The molecule has 1 N–H and O–H groups in total. The molecular weight excluding hydrogens is 257 g/mol. The lowest BCUT2D eigenvalue weighted by Gasteiger charge is -2.20. The Morgan fingerprint density at radius 1 is 1.45 bits per heavy atom. The van der Waals surface area contributed by atoms with Gasteiger partial charge in [0, 0.05) is 12.1 Å². The molecule has 0 bridgehead atoms. The summed E-state index contributed by atoms with van der Waals surface area (Å²) in [6, 6.07) is 5.11. The molecule has 108 valence electrons. The van der Waals surface area contributed by atoms with Crippen LogP contribution < -0.4 is 10.1 Å². The lowest BCUT2D eigenvalue weighted by atomic mass is 10.00. The molecular formula is C15H20FN3O. The number of nitrogens with one attached hydrogen (secondary N) is 1. The molecule has 0 aliphatic carbocycles. The number of aromatic nitrogens is 2. The third-order valence-electron chi connectivity index (χ3n) is 3.46. The fraction of sp³-hybridized carbons (Fsp3) is 0.400. The molecule has 0 amide bonds. The summed E-state index contributed by atoms with van der Waals surface area (Å²) >= 11 is 0. The number of ether oxygens (including phenoxy) is 1. The average molecular weight is 277 g/mol. The monoisotopic (exact) mass is 277 g/mol. The fourth-order valence-corrected chi connectivity index (χ4v) is 2.41. The summed E-state index contributed by atoms with van der Waals surface area (Å²) in [5, 5.41) is 7.44. The van der Waals surface area contributed by atoms with Crippen LogP contribution in [0.3, 0.4) is 0 Å². The van der Waals surface area contributed by atoms with E-state index in [0.717, 1.165) is 5.69 Å². The summed E-state index contributed by atoms with van der Waals surface area (Å²) in [6.45, 7) is 4.46. The van der Waals surface area contributed by atoms with Crippen LogP contribution in [0, 0.1) is 12.7 Å². The molecule has 1 aromatic carbocycles. The van der Waals surface area contributed by atoms with Crippen molar-refractivity contribution in [2.45, 2.75) is 26.4 Å². The topological polar surface area (TPSA) is 39.1 Å². The van der Waals surface area contributed by atoms with E-state index in [4.69, 9.17) is 4.74 Å². The molecule has 1 unspecified atom stereocenters. The van der Waals surface area contributed by atoms with E-state index in [0.29, 0.717) is 23.4 Å². The van der Waals surface area contributed by atoms with Crippen molar-refractivity contribution < 1.29 is 9.13 Å². The minimum absolute atomic E-state index is 0.197. The van der Waals surface area contributed by atoms with Gasteiger partial charge in [-0.25, -0.2) is 4.39 Å². The number of nitrogens with zero attached hydrogens (tertiary/aromatic N) is 2. The SMILES string of the molecule is CCn1ncc(OC)c1C(NC)c1cccc(C)c1F. The summed E-state index contributed by atoms with van der Waals surface area (Å²) in [5.74, 6) is 0.463. The molecule has 0 aliphatic rings. The van der Waals surface area contributed by atoms with Crippen LogP contribution in [0.1, 0.15) is 29.8 Å². The van der Waals surface area contributed by atoms with E-state index in [2.05, 4.69) is 10.4 Å². The zero-order valence-corrected chi connectivity index (χ0v) is 12.3. The molecule has 2 rings (SSSR count). The van der Waals surface area contributed by atoms with Gasteiger partial charge < -0.3 is 10.1 Å². The van der Waals surface area contributed by atoms with E-state index < -0.39 is 0 Å². The van der Waals surface area contributed by atoms with Gasteiger partial charge in [-0.2, -0.15) is 5.10 Å². The van der Waals surface area contributed by atoms with Crippen LogP contribution in [0.5, 0.6) is 5.75 Å². The highest BCUT2D eigenvalue weighted by Crippen LogP contribution is 2.31. The predicted molar refractivity (Wildman–Crippen MR) is 76.5 cm³/mol. The molecule has 0 aliphatic heterocycles. The van der Waals surface area contributed by atoms with Crippen molar-refractivity contribution in [3.8, 4) is 5.75 Å².